The minimum atomic E-state index is 0.634. The summed E-state index contributed by atoms with van der Waals surface area (Å²) in [5, 5.41) is 3.31. The van der Waals surface area contributed by atoms with Crippen LogP contribution in [0.5, 0.6) is 0 Å². The molecule has 1 N–H and O–H groups in total. The number of nitrogens with one attached hydrogen (secondary N) is 1. The molecule has 0 fully saturated rings. The number of nitrogens with zero attached hydrogens (tertiary/aromatic N) is 1. The minimum Gasteiger partial charge on any atom is -0.437 e. The summed E-state index contributed by atoms with van der Waals surface area (Å²) in [7, 11) is 0. The molecule has 0 atom stereocenters. The van der Waals surface area contributed by atoms with Crippen molar-refractivity contribution in [1.29, 1.82) is 0 Å². The molecule has 3 aromatic rings. The zero-order chi connectivity index (χ0) is 14.5. The van der Waals surface area contributed by atoms with Crippen molar-refractivity contribution in [3.63, 3.8) is 0 Å². The summed E-state index contributed by atoms with van der Waals surface area (Å²) < 4.78 is 5.73. The highest BCUT2D eigenvalue weighted by Gasteiger charge is 2.04. The van der Waals surface area contributed by atoms with Crippen LogP contribution < -0.4 is 5.32 Å². The topological polar surface area (TPSA) is 38.1 Å². The number of rotatable bonds is 5. The second-order valence-electron chi connectivity index (χ2n) is 4.88. The van der Waals surface area contributed by atoms with Crippen molar-refractivity contribution >= 4 is 23.3 Å². The molecular weight excluding hydrogens is 260 g/mol. The summed E-state index contributed by atoms with van der Waals surface area (Å²) in [5.74, 6) is 0.634. The fourth-order valence-corrected chi connectivity index (χ4v) is 2.17. The Morgan fingerprint density at radius 3 is 2.76 bits per heavy atom. The molecule has 1 aromatic heterocycles. The molecule has 0 aliphatic rings. The van der Waals surface area contributed by atoms with Gasteiger partial charge in [-0.2, -0.15) is 0 Å². The summed E-state index contributed by atoms with van der Waals surface area (Å²) >= 11 is 0. The molecule has 1 heterocycles. The van der Waals surface area contributed by atoms with E-state index >= 15 is 0 Å². The Hall–Kier alpha value is -2.39. The number of aromatic nitrogens is 1. The van der Waals surface area contributed by atoms with E-state index in [9.17, 15) is 0 Å². The monoisotopic (exact) mass is 278 g/mol. The van der Waals surface area contributed by atoms with Crippen molar-refractivity contribution in [2.45, 2.75) is 13.5 Å². The third-order valence-corrected chi connectivity index (χ3v) is 3.27. The lowest BCUT2D eigenvalue weighted by Gasteiger charge is -2.00. The summed E-state index contributed by atoms with van der Waals surface area (Å²) in [6, 6.07) is 16.2. The molecule has 0 amide bonds. The zero-order valence-corrected chi connectivity index (χ0v) is 12.0. The number of fused-ring (bicyclic) bond motifs is 1. The quantitative estimate of drug-likeness (QED) is 0.763. The Labute approximate surface area is 124 Å². The number of benzene rings is 2. The molecule has 106 valence electrons. The van der Waals surface area contributed by atoms with Crippen LogP contribution in [0.4, 0.5) is 0 Å². The SMILES string of the molecule is CCNCc1ccc2oc(/C=C/c3ccccc3)nc2c1. The van der Waals surface area contributed by atoms with Crippen molar-refractivity contribution in [2.75, 3.05) is 6.54 Å². The third-order valence-electron chi connectivity index (χ3n) is 3.27. The largest absolute Gasteiger partial charge is 0.437 e. The van der Waals surface area contributed by atoms with E-state index in [1.165, 1.54) is 5.56 Å². The van der Waals surface area contributed by atoms with E-state index in [1.54, 1.807) is 0 Å². The molecule has 21 heavy (non-hydrogen) atoms. The molecule has 3 heteroatoms. The van der Waals surface area contributed by atoms with Crippen molar-refractivity contribution in [3.05, 3.63) is 65.5 Å². The smallest absolute Gasteiger partial charge is 0.220 e. The Balaban J connectivity index is 1.82. The van der Waals surface area contributed by atoms with Gasteiger partial charge in [0.2, 0.25) is 5.89 Å². The molecular formula is C18H18N2O. The average Bonchev–Trinajstić information content (AvgIpc) is 2.94. The van der Waals surface area contributed by atoms with E-state index in [1.807, 2.05) is 48.6 Å². The molecule has 0 bridgehead atoms. The molecule has 0 spiro atoms. The van der Waals surface area contributed by atoms with E-state index in [0.717, 1.165) is 29.8 Å². The van der Waals surface area contributed by atoms with Crippen LogP contribution in [0.25, 0.3) is 23.3 Å². The van der Waals surface area contributed by atoms with Gasteiger partial charge in [0, 0.05) is 12.6 Å². The molecule has 0 radical (unpaired) electrons. The van der Waals surface area contributed by atoms with E-state index in [0.29, 0.717) is 5.89 Å². The lowest BCUT2D eigenvalue weighted by molar-refractivity contribution is 0.589. The van der Waals surface area contributed by atoms with Gasteiger partial charge in [0.05, 0.1) is 0 Å². The van der Waals surface area contributed by atoms with Crippen LogP contribution in [0.3, 0.4) is 0 Å². The second-order valence-corrected chi connectivity index (χ2v) is 4.88. The number of oxazole rings is 1. The summed E-state index contributed by atoms with van der Waals surface area (Å²) in [6.45, 7) is 3.91. The van der Waals surface area contributed by atoms with E-state index in [4.69, 9.17) is 4.42 Å². The van der Waals surface area contributed by atoms with E-state index < -0.39 is 0 Å². The van der Waals surface area contributed by atoms with Crippen molar-refractivity contribution in [1.82, 2.24) is 10.3 Å². The molecule has 0 aliphatic heterocycles. The maximum atomic E-state index is 5.73. The van der Waals surface area contributed by atoms with Crippen LogP contribution >= 0.6 is 0 Å². The lowest BCUT2D eigenvalue weighted by atomic mass is 10.2. The van der Waals surface area contributed by atoms with Gasteiger partial charge in [0.1, 0.15) is 5.52 Å². The first-order chi connectivity index (χ1) is 10.3. The maximum absolute atomic E-state index is 5.73. The molecule has 0 unspecified atom stereocenters. The van der Waals surface area contributed by atoms with Crippen LogP contribution in [0.1, 0.15) is 23.9 Å². The highest BCUT2D eigenvalue weighted by Crippen LogP contribution is 2.18. The van der Waals surface area contributed by atoms with E-state index in [-0.39, 0.29) is 0 Å². The molecule has 3 nitrogen and oxygen atoms in total. The Kier molecular flexibility index (Phi) is 4.12. The van der Waals surface area contributed by atoms with Gasteiger partial charge in [-0.3, -0.25) is 0 Å². The van der Waals surface area contributed by atoms with Gasteiger partial charge in [0.25, 0.3) is 0 Å². The Morgan fingerprint density at radius 2 is 1.95 bits per heavy atom. The maximum Gasteiger partial charge on any atom is 0.220 e. The van der Waals surface area contributed by atoms with E-state index in [2.05, 4.69) is 29.4 Å². The minimum absolute atomic E-state index is 0.634. The van der Waals surface area contributed by atoms with Gasteiger partial charge in [-0.1, -0.05) is 43.3 Å². The fourth-order valence-electron chi connectivity index (χ4n) is 2.17. The summed E-state index contributed by atoms with van der Waals surface area (Å²) in [5.41, 5.74) is 4.07. The van der Waals surface area contributed by atoms with Gasteiger partial charge in [-0.25, -0.2) is 4.98 Å². The van der Waals surface area contributed by atoms with Crippen molar-refractivity contribution in [2.24, 2.45) is 0 Å². The zero-order valence-electron chi connectivity index (χ0n) is 12.0. The van der Waals surface area contributed by atoms with Gasteiger partial charge < -0.3 is 9.73 Å². The van der Waals surface area contributed by atoms with Gasteiger partial charge in [0.15, 0.2) is 5.58 Å². The van der Waals surface area contributed by atoms with Crippen LogP contribution in [0.15, 0.2) is 52.9 Å². The van der Waals surface area contributed by atoms with Gasteiger partial charge >= 0.3 is 0 Å². The highest BCUT2D eigenvalue weighted by molar-refractivity contribution is 5.76. The van der Waals surface area contributed by atoms with Gasteiger partial charge in [-0.05, 0) is 35.9 Å². The van der Waals surface area contributed by atoms with Crippen molar-refractivity contribution < 1.29 is 4.42 Å². The van der Waals surface area contributed by atoms with Crippen LogP contribution in [-0.2, 0) is 6.54 Å². The first kappa shape index (κ1) is 13.6. The van der Waals surface area contributed by atoms with Gasteiger partial charge in [-0.15, -0.1) is 0 Å². The first-order valence-electron chi connectivity index (χ1n) is 7.18. The van der Waals surface area contributed by atoms with Crippen LogP contribution in [0.2, 0.25) is 0 Å². The molecule has 0 saturated carbocycles. The highest BCUT2D eigenvalue weighted by atomic mass is 16.3. The predicted octanol–water partition coefficient (Wildman–Crippen LogP) is 4.11. The standard InChI is InChI=1S/C18H18N2O/c1-2-19-13-15-8-10-17-16(12-15)20-18(21-17)11-9-14-6-4-3-5-7-14/h3-12,19H,2,13H2,1H3/b11-9+. The molecule has 2 aromatic carbocycles. The molecule has 3 rings (SSSR count). The average molecular weight is 278 g/mol. The predicted molar refractivity (Wildman–Crippen MR) is 86.8 cm³/mol. The number of hydrogen-bond acceptors (Lipinski definition) is 3. The lowest BCUT2D eigenvalue weighted by Crippen LogP contribution is -2.11. The summed E-state index contributed by atoms with van der Waals surface area (Å²) in [4.78, 5) is 4.52. The van der Waals surface area contributed by atoms with Crippen LogP contribution in [-0.4, -0.2) is 11.5 Å². The first-order valence-corrected chi connectivity index (χ1v) is 7.18. The Morgan fingerprint density at radius 1 is 1.10 bits per heavy atom. The molecule has 0 aliphatic carbocycles. The Bertz CT molecular complexity index is 744. The van der Waals surface area contributed by atoms with Crippen molar-refractivity contribution in [3.8, 4) is 0 Å². The fraction of sp³-hybridized carbons (Fsp3) is 0.167. The normalized spacial score (nSPS) is 11.5. The second kappa shape index (κ2) is 6.37. The van der Waals surface area contributed by atoms with Crippen LogP contribution in [0, 0.1) is 0 Å². The third kappa shape index (κ3) is 3.38. The summed E-state index contributed by atoms with van der Waals surface area (Å²) in [6.07, 6.45) is 3.91. The molecule has 0 saturated heterocycles. The number of hydrogen-bond donors (Lipinski definition) is 1.